The minimum Gasteiger partial charge on any atom is -0.480 e. The number of ether oxygens (including phenoxy) is 2. The molecule has 2 N–H and O–H groups in total. The number of carboxylic acids is 1. The van der Waals surface area contributed by atoms with Crippen molar-refractivity contribution < 1.29 is 24.2 Å². The van der Waals surface area contributed by atoms with Crippen molar-refractivity contribution in [2.75, 3.05) is 6.79 Å². The lowest BCUT2D eigenvalue weighted by Gasteiger charge is -2.20. The monoisotopic (exact) mass is 374 g/mol. The first-order chi connectivity index (χ1) is 12.9. The largest absolute Gasteiger partial charge is 0.480 e. The third kappa shape index (κ3) is 3.34. The van der Waals surface area contributed by atoms with Crippen LogP contribution in [0.2, 0.25) is 0 Å². The summed E-state index contributed by atoms with van der Waals surface area (Å²) in [5.41, 5.74) is 0.0524. The van der Waals surface area contributed by atoms with Gasteiger partial charge in [-0.15, -0.1) is 0 Å². The Morgan fingerprint density at radius 3 is 2.52 bits per heavy atom. The van der Waals surface area contributed by atoms with E-state index in [-0.39, 0.29) is 18.3 Å². The number of carbonyl (C=O) groups excluding carboxylic acids is 1. The van der Waals surface area contributed by atoms with Gasteiger partial charge in [-0.05, 0) is 18.9 Å². The molecule has 2 heterocycles. The summed E-state index contributed by atoms with van der Waals surface area (Å²) < 4.78 is 12.4. The second-order valence-corrected chi connectivity index (χ2v) is 6.56. The van der Waals surface area contributed by atoms with Gasteiger partial charge < -0.3 is 24.5 Å². The second kappa shape index (κ2) is 7.30. The van der Waals surface area contributed by atoms with Crippen molar-refractivity contribution in [2.24, 2.45) is 5.92 Å². The van der Waals surface area contributed by atoms with Crippen LogP contribution in [-0.4, -0.2) is 34.4 Å². The average Bonchev–Trinajstić information content (AvgIpc) is 3.11. The molecular weight excluding hydrogens is 352 g/mol. The molecule has 8 nitrogen and oxygen atoms in total. The topological polar surface area (TPSA) is 107 Å². The summed E-state index contributed by atoms with van der Waals surface area (Å²) in [7, 11) is 0. The van der Waals surface area contributed by atoms with Gasteiger partial charge in [0.05, 0.1) is 10.9 Å². The molecule has 8 heteroatoms. The van der Waals surface area contributed by atoms with E-state index < -0.39 is 23.3 Å². The number of carbonyl (C=O) groups is 2. The Hall–Kier alpha value is -3.03. The third-order valence-corrected chi connectivity index (χ3v) is 4.93. The predicted molar refractivity (Wildman–Crippen MR) is 98.4 cm³/mol. The van der Waals surface area contributed by atoms with Crippen LogP contribution < -0.4 is 20.2 Å². The van der Waals surface area contributed by atoms with Gasteiger partial charge in [-0.2, -0.15) is 0 Å². The molecule has 3 rings (SSSR count). The summed E-state index contributed by atoms with van der Waals surface area (Å²) in [5.74, 6) is -1.10. The number of pyridine rings is 1. The maximum atomic E-state index is 12.9. The number of benzene rings is 1. The zero-order chi connectivity index (χ0) is 19.7. The third-order valence-electron chi connectivity index (χ3n) is 4.93. The number of carboxylic acid groups (broad SMARTS) is 1. The number of nitrogens with one attached hydrogen (secondary N) is 1. The first-order valence-corrected chi connectivity index (χ1v) is 8.87. The van der Waals surface area contributed by atoms with Crippen molar-refractivity contribution >= 4 is 22.8 Å². The van der Waals surface area contributed by atoms with E-state index in [0.29, 0.717) is 35.4 Å². The molecule has 1 aliphatic heterocycles. The zero-order valence-corrected chi connectivity index (χ0v) is 15.4. The number of nitrogens with zero attached hydrogens (tertiary/aromatic N) is 1. The molecule has 1 aromatic heterocycles. The van der Waals surface area contributed by atoms with Crippen molar-refractivity contribution in [3.8, 4) is 11.5 Å². The highest BCUT2D eigenvalue weighted by Crippen LogP contribution is 2.35. The van der Waals surface area contributed by atoms with Gasteiger partial charge >= 0.3 is 5.97 Å². The Bertz CT molecular complexity index is 965. The van der Waals surface area contributed by atoms with Crippen molar-refractivity contribution in [1.82, 2.24) is 9.88 Å². The van der Waals surface area contributed by atoms with E-state index in [9.17, 15) is 19.5 Å². The van der Waals surface area contributed by atoms with Crippen molar-refractivity contribution in [2.45, 2.75) is 39.8 Å². The second-order valence-electron chi connectivity index (χ2n) is 6.56. The molecule has 1 aromatic carbocycles. The van der Waals surface area contributed by atoms with E-state index in [2.05, 4.69) is 5.32 Å². The van der Waals surface area contributed by atoms with E-state index in [0.717, 1.165) is 0 Å². The molecule has 27 heavy (non-hydrogen) atoms. The number of aromatic nitrogens is 1. The molecule has 0 fully saturated rings. The van der Waals surface area contributed by atoms with Crippen LogP contribution in [0.3, 0.4) is 0 Å². The standard InChI is InChI=1S/C19H22N2O6/c1-4-10(3)16(19(24)25)20-18(23)12-8-21(5-2)13-7-15-14(26-9-27-15)6-11(13)17(12)22/h6-8,10,16H,4-5,9H2,1-3H3,(H,20,23)(H,24,25)/t10?,16-/m1/s1. The molecule has 2 aromatic rings. The van der Waals surface area contributed by atoms with Gasteiger partial charge in [-0.3, -0.25) is 9.59 Å². The molecule has 1 amide bonds. The number of rotatable bonds is 6. The van der Waals surface area contributed by atoms with E-state index >= 15 is 0 Å². The predicted octanol–water partition coefficient (Wildman–Crippen LogP) is 1.98. The Morgan fingerprint density at radius 2 is 1.93 bits per heavy atom. The average molecular weight is 374 g/mol. The maximum absolute atomic E-state index is 12.9. The van der Waals surface area contributed by atoms with E-state index in [1.165, 1.54) is 6.20 Å². The van der Waals surface area contributed by atoms with Gasteiger partial charge in [0.15, 0.2) is 11.5 Å². The minimum absolute atomic E-state index is 0.0779. The number of hydrogen-bond acceptors (Lipinski definition) is 5. The van der Waals surface area contributed by atoms with Crippen LogP contribution in [0.25, 0.3) is 10.9 Å². The Labute approximate surface area is 155 Å². The fourth-order valence-electron chi connectivity index (χ4n) is 3.11. The molecule has 144 valence electrons. The quantitative estimate of drug-likeness (QED) is 0.801. The number of hydrogen-bond donors (Lipinski definition) is 2. The van der Waals surface area contributed by atoms with Crippen molar-refractivity contribution in [1.29, 1.82) is 0 Å². The molecule has 2 atom stereocenters. The van der Waals surface area contributed by atoms with Gasteiger partial charge in [0.2, 0.25) is 12.2 Å². The fourth-order valence-corrected chi connectivity index (χ4v) is 3.11. The summed E-state index contributed by atoms with van der Waals surface area (Å²) in [5, 5.41) is 12.2. The molecule has 0 bridgehead atoms. The lowest BCUT2D eigenvalue weighted by Crippen LogP contribution is -2.46. The SMILES string of the molecule is CCC(C)[C@@H](NC(=O)c1cn(CC)c2cc3c(cc2c1=O)OCO3)C(=O)O. The van der Waals surface area contributed by atoms with Crippen LogP contribution >= 0.6 is 0 Å². The zero-order valence-electron chi connectivity index (χ0n) is 15.4. The van der Waals surface area contributed by atoms with E-state index in [1.807, 2.05) is 13.8 Å². The highest BCUT2D eigenvalue weighted by Gasteiger charge is 2.27. The lowest BCUT2D eigenvalue weighted by atomic mass is 9.99. The maximum Gasteiger partial charge on any atom is 0.326 e. The van der Waals surface area contributed by atoms with Gasteiger partial charge in [0, 0.05) is 18.8 Å². The molecule has 1 unspecified atom stereocenters. The molecule has 0 aliphatic carbocycles. The van der Waals surface area contributed by atoms with Crippen LogP contribution in [-0.2, 0) is 11.3 Å². The first-order valence-electron chi connectivity index (χ1n) is 8.87. The molecule has 0 saturated carbocycles. The summed E-state index contributed by atoms with van der Waals surface area (Å²) in [6, 6.07) is 2.21. The van der Waals surface area contributed by atoms with Crippen LogP contribution in [0.4, 0.5) is 0 Å². The summed E-state index contributed by atoms with van der Waals surface area (Å²) in [4.78, 5) is 37.1. The van der Waals surface area contributed by atoms with E-state index in [4.69, 9.17) is 9.47 Å². The lowest BCUT2D eigenvalue weighted by molar-refractivity contribution is -0.140. The minimum atomic E-state index is -1.13. The Morgan fingerprint density at radius 1 is 1.26 bits per heavy atom. The molecule has 0 spiro atoms. The number of amides is 1. The molecular formula is C19H22N2O6. The summed E-state index contributed by atoms with van der Waals surface area (Å²) in [6.45, 7) is 6.06. The normalized spacial score (nSPS) is 14.8. The van der Waals surface area contributed by atoms with Gasteiger partial charge in [-0.1, -0.05) is 20.3 Å². The highest BCUT2D eigenvalue weighted by molar-refractivity contribution is 5.99. The van der Waals surface area contributed by atoms with Gasteiger partial charge in [-0.25, -0.2) is 4.79 Å². The van der Waals surface area contributed by atoms with Crippen LogP contribution in [0.1, 0.15) is 37.6 Å². The van der Waals surface area contributed by atoms with Crippen LogP contribution in [0, 0.1) is 5.92 Å². The smallest absolute Gasteiger partial charge is 0.326 e. The Balaban J connectivity index is 2.07. The summed E-state index contributed by atoms with van der Waals surface area (Å²) in [6.07, 6.45) is 2.04. The molecule has 0 saturated heterocycles. The number of aliphatic carboxylic acids is 1. The highest BCUT2D eigenvalue weighted by atomic mass is 16.7. The summed E-state index contributed by atoms with van der Waals surface area (Å²) >= 11 is 0. The van der Waals surface area contributed by atoms with Gasteiger partial charge in [0.25, 0.3) is 5.91 Å². The van der Waals surface area contributed by atoms with Crippen molar-refractivity contribution in [3.05, 3.63) is 34.1 Å². The molecule has 1 aliphatic rings. The first kappa shape index (κ1) is 18.8. The fraction of sp³-hybridized carbons (Fsp3) is 0.421. The van der Waals surface area contributed by atoms with E-state index in [1.54, 1.807) is 23.6 Å². The molecule has 0 radical (unpaired) electrons. The van der Waals surface area contributed by atoms with Crippen molar-refractivity contribution in [3.63, 3.8) is 0 Å². The number of fused-ring (bicyclic) bond motifs is 2. The van der Waals surface area contributed by atoms with Gasteiger partial charge in [0.1, 0.15) is 11.6 Å². The van der Waals surface area contributed by atoms with Crippen LogP contribution in [0.15, 0.2) is 23.1 Å². The van der Waals surface area contributed by atoms with Crippen LogP contribution in [0.5, 0.6) is 11.5 Å². The number of aryl methyl sites for hydroxylation is 1. The Kier molecular flexibility index (Phi) is 5.07.